The topological polar surface area (TPSA) is 23.8 Å². The minimum atomic E-state index is 1.20. The Hall–Kier alpha value is -1.55. The third-order valence-electron chi connectivity index (χ3n) is 1.83. The van der Waals surface area contributed by atoms with Gasteiger partial charge in [-0.25, -0.2) is 0 Å². The molecular formula is C14H19N. The van der Waals surface area contributed by atoms with Crippen LogP contribution in [0.4, 0.5) is 0 Å². The Bertz CT molecular complexity index is 293. The van der Waals surface area contributed by atoms with Crippen LogP contribution < -0.4 is 0 Å². The summed E-state index contributed by atoms with van der Waals surface area (Å²) in [5, 5.41) is 7.32. The maximum absolute atomic E-state index is 7.32. The zero-order valence-corrected chi connectivity index (χ0v) is 9.61. The molecule has 15 heavy (non-hydrogen) atoms. The summed E-state index contributed by atoms with van der Waals surface area (Å²) in [5.41, 5.74) is 1.30. The molecule has 0 aliphatic rings. The third kappa shape index (κ3) is 8.77. The zero-order chi connectivity index (χ0) is 11.4. The summed E-state index contributed by atoms with van der Waals surface area (Å²) in [5.74, 6) is 0. The van der Waals surface area contributed by atoms with Gasteiger partial charge in [0.2, 0.25) is 0 Å². The maximum Gasteiger partial charge on any atom is 0.0587 e. The Labute approximate surface area is 93.1 Å². The summed E-state index contributed by atoms with van der Waals surface area (Å²) >= 11 is 0. The predicted molar refractivity (Wildman–Crippen MR) is 66.3 cm³/mol. The molecule has 1 nitrogen and oxygen atoms in total. The van der Waals surface area contributed by atoms with Crippen molar-refractivity contribution < 1.29 is 0 Å². The molecule has 0 saturated carbocycles. The molecule has 0 radical (unpaired) electrons. The van der Waals surface area contributed by atoms with Crippen LogP contribution in [0.25, 0.3) is 6.08 Å². The number of rotatable bonds is 4. The number of hydrogen-bond acceptors (Lipinski definition) is 1. The van der Waals surface area contributed by atoms with Gasteiger partial charge in [-0.15, -0.1) is 0 Å². The lowest BCUT2D eigenvalue weighted by molar-refractivity contribution is 0.816. The normalized spacial score (nSPS) is 9.13. The van der Waals surface area contributed by atoms with Crippen LogP contribution in [0, 0.1) is 11.3 Å². The smallest absolute Gasteiger partial charge is 0.0587 e. The van der Waals surface area contributed by atoms with E-state index in [4.69, 9.17) is 5.26 Å². The largest absolute Gasteiger partial charge is 0.199 e. The van der Waals surface area contributed by atoms with Gasteiger partial charge in [-0.2, -0.15) is 5.26 Å². The number of benzene rings is 1. The fraction of sp³-hybridized carbons (Fsp3) is 0.357. The Morgan fingerprint density at radius 2 is 1.87 bits per heavy atom. The molecule has 0 atom stereocenters. The third-order valence-corrected chi connectivity index (χ3v) is 1.83. The van der Waals surface area contributed by atoms with Crippen molar-refractivity contribution in [1.29, 1.82) is 5.26 Å². The van der Waals surface area contributed by atoms with Gasteiger partial charge < -0.3 is 0 Å². The van der Waals surface area contributed by atoms with Crippen LogP contribution in [-0.4, -0.2) is 0 Å². The fourth-order valence-electron chi connectivity index (χ4n) is 1.11. The zero-order valence-electron chi connectivity index (χ0n) is 9.61. The highest BCUT2D eigenvalue weighted by Crippen LogP contribution is 2.03. The Balaban J connectivity index is 0.000000583. The van der Waals surface area contributed by atoms with Gasteiger partial charge in [0.1, 0.15) is 0 Å². The highest BCUT2D eigenvalue weighted by atomic mass is 14.2. The second-order valence-corrected chi connectivity index (χ2v) is 3.18. The molecule has 1 aromatic rings. The lowest BCUT2D eigenvalue weighted by atomic mass is 10.2. The van der Waals surface area contributed by atoms with Gasteiger partial charge in [-0.3, -0.25) is 0 Å². The molecule has 0 spiro atoms. The summed E-state index contributed by atoms with van der Waals surface area (Å²) in [4.78, 5) is 0. The van der Waals surface area contributed by atoms with Crippen LogP contribution in [0.2, 0.25) is 0 Å². The average molecular weight is 201 g/mol. The quantitative estimate of drug-likeness (QED) is 0.661. The van der Waals surface area contributed by atoms with Crippen molar-refractivity contribution in [2.45, 2.75) is 33.1 Å². The number of unbranched alkanes of at least 4 members (excludes halogenated alkanes) is 2. The summed E-state index contributed by atoms with van der Waals surface area (Å²) in [7, 11) is 0. The van der Waals surface area contributed by atoms with Crippen LogP contribution in [0.3, 0.4) is 0 Å². The average Bonchev–Trinajstić information content (AvgIpc) is 2.27. The molecule has 80 valence electrons. The molecule has 1 rings (SSSR count). The van der Waals surface area contributed by atoms with Crippen LogP contribution in [0.5, 0.6) is 0 Å². The van der Waals surface area contributed by atoms with E-state index in [9.17, 15) is 0 Å². The first-order valence-electron chi connectivity index (χ1n) is 5.37. The number of nitrogens with zero attached hydrogens (tertiary/aromatic N) is 1. The van der Waals surface area contributed by atoms with Gasteiger partial charge in [0.25, 0.3) is 0 Å². The van der Waals surface area contributed by atoms with Crippen molar-refractivity contribution in [2.24, 2.45) is 0 Å². The monoisotopic (exact) mass is 201 g/mol. The van der Waals surface area contributed by atoms with E-state index in [-0.39, 0.29) is 0 Å². The Morgan fingerprint density at radius 3 is 2.40 bits per heavy atom. The number of hydrogen-bond donors (Lipinski definition) is 0. The van der Waals surface area contributed by atoms with E-state index in [0.717, 1.165) is 0 Å². The maximum atomic E-state index is 7.32. The number of nitriles is 1. The van der Waals surface area contributed by atoms with Gasteiger partial charge in [0.05, 0.1) is 6.07 Å². The van der Waals surface area contributed by atoms with Gasteiger partial charge in [-0.05, 0) is 12.0 Å². The van der Waals surface area contributed by atoms with Gasteiger partial charge in [0, 0.05) is 6.92 Å². The van der Waals surface area contributed by atoms with Crippen molar-refractivity contribution in [2.75, 3.05) is 0 Å². The second kappa shape index (κ2) is 10.5. The van der Waals surface area contributed by atoms with Gasteiger partial charge in [0.15, 0.2) is 0 Å². The van der Waals surface area contributed by atoms with E-state index in [0.29, 0.717) is 0 Å². The fourth-order valence-corrected chi connectivity index (χ4v) is 1.11. The van der Waals surface area contributed by atoms with Crippen LogP contribution in [0.15, 0.2) is 36.4 Å². The highest BCUT2D eigenvalue weighted by molar-refractivity contribution is 5.48. The van der Waals surface area contributed by atoms with E-state index in [1.807, 2.05) is 6.07 Å². The molecule has 0 bridgehead atoms. The minimum absolute atomic E-state index is 1.20. The Kier molecular flexibility index (Phi) is 9.44. The molecule has 0 fully saturated rings. The van der Waals surface area contributed by atoms with Crippen molar-refractivity contribution in [3.05, 3.63) is 42.0 Å². The molecule has 0 aliphatic heterocycles. The predicted octanol–water partition coefficient (Wildman–Crippen LogP) is 4.42. The van der Waals surface area contributed by atoms with Crippen molar-refractivity contribution in [3.63, 3.8) is 0 Å². The molecule has 0 saturated heterocycles. The van der Waals surface area contributed by atoms with Crippen LogP contribution in [0.1, 0.15) is 38.7 Å². The molecule has 0 N–H and O–H groups in total. The first kappa shape index (κ1) is 13.4. The Morgan fingerprint density at radius 1 is 1.27 bits per heavy atom. The molecule has 1 aromatic carbocycles. The van der Waals surface area contributed by atoms with E-state index in [1.165, 1.54) is 31.7 Å². The van der Waals surface area contributed by atoms with Crippen LogP contribution >= 0.6 is 0 Å². The first-order valence-corrected chi connectivity index (χ1v) is 5.37. The van der Waals surface area contributed by atoms with E-state index in [2.05, 4.69) is 43.3 Å². The van der Waals surface area contributed by atoms with Gasteiger partial charge >= 0.3 is 0 Å². The molecule has 0 aliphatic carbocycles. The summed E-state index contributed by atoms with van der Waals surface area (Å²) in [6.07, 6.45) is 8.21. The van der Waals surface area contributed by atoms with Crippen LogP contribution in [-0.2, 0) is 0 Å². The summed E-state index contributed by atoms with van der Waals surface area (Å²) in [6.45, 7) is 3.65. The lowest BCUT2D eigenvalue weighted by Crippen LogP contribution is -1.69. The molecule has 1 heteroatoms. The number of allylic oxidation sites excluding steroid dienone is 1. The lowest BCUT2D eigenvalue weighted by Gasteiger charge is -1.91. The standard InChI is InChI=1S/C12H16.C2H3N/c1-2-3-4-6-9-12-10-7-5-8-11-12;1-2-3/h5-11H,2-4H2,1H3;1H3. The molecule has 0 amide bonds. The molecular weight excluding hydrogens is 182 g/mol. The minimum Gasteiger partial charge on any atom is -0.199 e. The van der Waals surface area contributed by atoms with E-state index >= 15 is 0 Å². The summed E-state index contributed by atoms with van der Waals surface area (Å²) in [6, 6.07) is 12.2. The SMILES string of the molecule is CC#N.CCCCC=Cc1ccccc1. The van der Waals surface area contributed by atoms with Crippen molar-refractivity contribution in [3.8, 4) is 6.07 Å². The van der Waals surface area contributed by atoms with E-state index < -0.39 is 0 Å². The summed E-state index contributed by atoms with van der Waals surface area (Å²) < 4.78 is 0. The van der Waals surface area contributed by atoms with Crippen molar-refractivity contribution >= 4 is 6.08 Å². The molecule has 0 heterocycles. The molecule has 0 aromatic heterocycles. The molecule has 0 unspecified atom stereocenters. The van der Waals surface area contributed by atoms with Crippen molar-refractivity contribution in [1.82, 2.24) is 0 Å². The van der Waals surface area contributed by atoms with E-state index in [1.54, 1.807) is 6.07 Å². The highest BCUT2D eigenvalue weighted by Gasteiger charge is 1.81. The first-order chi connectivity index (χ1) is 7.35. The van der Waals surface area contributed by atoms with Gasteiger partial charge in [-0.1, -0.05) is 62.2 Å². The second-order valence-electron chi connectivity index (χ2n) is 3.18.